The van der Waals surface area contributed by atoms with Gasteiger partial charge in [-0.2, -0.15) is 0 Å². The summed E-state index contributed by atoms with van der Waals surface area (Å²) in [6.45, 7) is 3.40. The van der Waals surface area contributed by atoms with Gasteiger partial charge in [0.15, 0.2) is 0 Å². The molecule has 0 fully saturated rings. The normalized spacial score (nSPS) is 12.5. The van der Waals surface area contributed by atoms with Gasteiger partial charge in [0.2, 0.25) is 0 Å². The van der Waals surface area contributed by atoms with Crippen molar-refractivity contribution in [3.05, 3.63) is 27.2 Å². The number of phenols is 1. The number of aliphatic carboxylic acids is 1. The van der Waals surface area contributed by atoms with Crippen LogP contribution in [-0.4, -0.2) is 16.2 Å². The highest BCUT2D eigenvalue weighted by Crippen LogP contribution is 2.34. The van der Waals surface area contributed by atoms with Gasteiger partial charge in [0.25, 0.3) is 0 Å². The minimum atomic E-state index is -1.09. The van der Waals surface area contributed by atoms with Crippen molar-refractivity contribution in [2.45, 2.75) is 19.9 Å². The molecule has 0 aliphatic carbocycles. The molecule has 1 aromatic carbocycles. The van der Waals surface area contributed by atoms with Crippen molar-refractivity contribution in [3.63, 3.8) is 0 Å². The second-order valence-corrected chi connectivity index (χ2v) is 4.18. The lowest BCUT2D eigenvalue weighted by atomic mass is 9.99. The molecule has 1 atom stereocenters. The Morgan fingerprint density at radius 2 is 2.07 bits per heavy atom. The van der Waals surface area contributed by atoms with Gasteiger partial charge in [-0.3, -0.25) is 4.79 Å². The first-order valence-corrected chi connectivity index (χ1v) is 5.12. The highest BCUT2D eigenvalue weighted by atomic mass is 79.9. The molecule has 0 bridgehead atoms. The SMILES string of the molecule is Cc1cc(C(N)C(=O)O)c(C)c(Br)c1O. The Kier molecular flexibility index (Phi) is 3.36. The van der Waals surface area contributed by atoms with E-state index in [0.29, 0.717) is 21.2 Å². The number of aryl methyl sites for hydroxylation is 1. The molecule has 0 saturated carbocycles. The zero-order valence-corrected chi connectivity index (χ0v) is 10.00. The van der Waals surface area contributed by atoms with Gasteiger partial charge in [-0.1, -0.05) is 0 Å². The van der Waals surface area contributed by atoms with Gasteiger partial charge in [0.1, 0.15) is 11.8 Å². The summed E-state index contributed by atoms with van der Waals surface area (Å²) >= 11 is 3.20. The zero-order valence-electron chi connectivity index (χ0n) is 8.41. The average Bonchev–Trinajstić information content (AvgIpc) is 2.19. The lowest BCUT2D eigenvalue weighted by Gasteiger charge is -2.14. The monoisotopic (exact) mass is 273 g/mol. The van der Waals surface area contributed by atoms with Crippen molar-refractivity contribution in [1.82, 2.24) is 0 Å². The quantitative estimate of drug-likeness (QED) is 0.768. The molecule has 82 valence electrons. The fraction of sp³-hybridized carbons (Fsp3) is 0.300. The van der Waals surface area contributed by atoms with E-state index in [1.54, 1.807) is 19.9 Å². The van der Waals surface area contributed by atoms with Crippen molar-refractivity contribution in [2.24, 2.45) is 5.73 Å². The number of nitrogens with two attached hydrogens (primary N) is 1. The van der Waals surface area contributed by atoms with Crippen LogP contribution in [-0.2, 0) is 4.79 Å². The predicted octanol–water partition coefficient (Wildman–Crippen LogP) is 1.86. The summed E-state index contributed by atoms with van der Waals surface area (Å²) in [5.41, 5.74) is 7.27. The van der Waals surface area contributed by atoms with Crippen LogP contribution in [0.15, 0.2) is 10.5 Å². The van der Waals surface area contributed by atoms with Crippen LogP contribution < -0.4 is 5.73 Å². The van der Waals surface area contributed by atoms with Gasteiger partial charge in [0, 0.05) is 0 Å². The van der Waals surface area contributed by atoms with Crippen LogP contribution in [0.2, 0.25) is 0 Å². The minimum Gasteiger partial charge on any atom is -0.506 e. The Hall–Kier alpha value is -1.07. The summed E-state index contributed by atoms with van der Waals surface area (Å²) in [7, 11) is 0. The van der Waals surface area contributed by atoms with Crippen molar-refractivity contribution in [2.75, 3.05) is 0 Å². The fourth-order valence-corrected chi connectivity index (χ4v) is 1.88. The summed E-state index contributed by atoms with van der Waals surface area (Å²) < 4.78 is 0.495. The Morgan fingerprint density at radius 1 is 1.53 bits per heavy atom. The highest BCUT2D eigenvalue weighted by molar-refractivity contribution is 9.10. The number of hydrogen-bond donors (Lipinski definition) is 3. The van der Waals surface area contributed by atoms with Crippen LogP contribution in [0.4, 0.5) is 0 Å². The molecule has 0 saturated heterocycles. The van der Waals surface area contributed by atoms with Crippen LogP contribution in [0.1, 0.15) is 22.7 Å². The van der Waals surface area contributed by atoms with Crippen molar-refractivity contribution in [1.29, 1.82) is 0 Å². The molecule has 4 N–H and O–H groups in total. The van der Waals surface area contributed by atoms with E-state index in [4.69, 9.17) is 10.8 Å². The van der Waals surface area contributed by atoms with E-state index in [-0.39, 0.29) is 5.75 Å². The largest absolute Gasteiger partial charge is 0.506 e. The number of carboxylic acids is 1. The van der Waals surface area contributed by atoms with E-state index >= 15 is 0 Å². The van der Waals surface area contributed by atoms with E-state index in [9.17, 15) is 9.90 Å². The van der Waals surface area contributed by atoms with E-state index in [2.05, 4.69) is 15.9 Å². The van der Waals surface area contributed by atoms with Gasteiger partial charge in [-0.25, -0.2) is 0 Å². The highest BCUT2D eigenvalue weighted by Gasteiger charge is 2.20. The molecule has 0 aromatic heterocycles. The topological polar surface area (TPSA) is 83.6 Å². The number of aromatic hydroxyl groups is 1. The molecule has 0 heterocycles. The third-order valence-electron chi connectivity index (χ3n) is 2.32. The maximum absolute atomic E-state index is 10.8. The maximum Gasteiger partial charge on any atom is 0.325 e. The standard InChI is InChI=1S/C10H12BrNO3/c1-4-3-6(8(12)10(14)15)5(2)7(11)9(4)13/h3,8,13H,12H2,1-2H3,(H,14,15). The number of hydrogen-bond acceptors (Lipinski definition) is 3. The third kappa shape index (κ3) is 2.13. The molecule has 0 aliphatic heterocycles. The molecule has 0 spiro atoms. The average molecular weight is 274 g/mol. The van der Waals surface area contributed by atoms with Crippen LogP contribution in [0, 0.1) is 13.8 Å². The Labute approximate surface area is 95.8 Å². The molecule has 1 rings (SSSR count). The van der Waals surface area contributed by atoms with Crippen molar-refractivity contribution >= 4 is 21.9 Å². The third-order valence-corrected chi connectivity index (χ3v) is 3.29. The number of rotatable bonds is 2. The zero-order chi connectivity index (χ0) is 11.7. The lowest BCUT2D eigenvalue weighted by molar-refractivity contribution is -0.138. The smallest absolute Gasteiger partial charge is 0.325 e. The number of carbonyl (C=O) groups is 1. The Balaban J connectivity index is 3.38. The second kappa shape index (κ2) is 4.20. The van der Waals surface area contributed by atoms with E-state index in [1.807, 2.05) is 0 Å². The molecule has 5 heteroatoms. The molecule has 1 aromatic rings. The van der Waals surface area contributed by atoms with E-state index in [1.165, 1.54) is 0 Å². The number of benzene rings is 1. The second-order valence-electron chi connectivity index (χ2n) is 3.39. The lowest BCUT2D eigenvalue weighted by Crippen LogP contribution is -2.21. The molecular formula is C10H12BrNO3. The summed E-state index contributed by atoms with van der Waals surface area (Å²) in [6.07, 6.45) is 0. The fourth-order valence-electron chi connectivity index (χ4n) is 1.34. The van der Waals surface area contributed by atoms with Crippen LogP contribution >= 0.6 is 15.9 Å². The van der Waals surface area contributed by atoms with Gasteiger partial charge in [-0.05, 0) is 52.5 Å². The van der Waals surface area contributed by atoms with Crippen LogP contribution in [0.5, 0.6) is 5.75 Å². The minimum absolute atomic E-state index is 0.119. The predicted molar refractivity (Wildman–Crippen MR) is 59.8 cm³/mol. The molecule has 1 unspecified atom stereocenters. The number of halogens is 1. The van der Waals surface area contributed by atoms with Crippen molar-refractivity contribution < 1.29 is 15.0 Å². The van der Waals surface area contributed by atoms with Crippen LogP contribution in [0.3, 0.4) is 0 Å². The Bertz CT molecular complexity index is 418. The molecule has 0 amide bonds. The molecule has 0 aliphatic rings. The summed E-state index contributed by atoms with van der Waals surface area (Å²) in [4.78, 5) is 10.8. The van der Waals surface area contributed by atoms with Crippen LogP contribution in [0.25, 0.3) is 0 Å². The van der Waals surface area contributed by atoms with Crippen molar-refractivity contribution in [3.8, 4) is 5.75 Å². The Morgan fingerprint density at radius 3 is 2.53 bits per heavy atom. The summed E-state index contributed by atoms with van der Waals surface area (Å²) in [5, 5.41) is 18.4. The molecule has 0 radical (unpaired) electrons. The van der Waals surface area contributed by atoms with Gasteiger partial charge >= 0.3 is 5.97 Å². The first-order valence-electron chi connectivity index (χ1n) is 4.33. The van der Waals surface area contributed by atoms with Gasteiger partial charge in [0.05, 0.1) is 4.47 Å². The maximum atomic E-state index is 10.8. The summed E-state index contributed by atoms with van der Waals surface area (Å²) in [6, 6.07) is 0.523. The number of carboxylic acid groups (broad SMARTS) is 1. The van der Waals surface area contributed by atoms with Gasteiger partial charge < -0.3 is 15.9 Å². The summed E-state index contributed by atoms with van der Waals surface area (Å²) in [5.74, 6) is -0.969. The first kappa shape index (κ1) is 12.0. The van der Waals surface area contributed by atoms with Gasteiger partial charge in [-0.15, -0.1) is 0 Å². The molecule has 15 heavy (non-hydrogen) atoms. The number of phenolic OH excluding ortho intramolecular Hbond substituents is 1. The van der Waals surface area contributed by atoms with E-state index in [0.717, 1.165) is 0 Å². The molecule has 4 nitrogen and oxygen atoms in total. The van der Waals surface area contributed by atoms with E-state index < -0.39 is 12.0 Å². The molecular weight excluding hydrogens is 262 g/mol. The first-order chi connectivity index (χ1) is 6.86.